The molecule has 25 heavy (non-hydrogen) atoms. The van der Waals surface area contributed by atoms with E-state index in [1.807, 2.05) is 12.3 Å². The first-order valence-electron chi connectivity index (χ1n) is 8.90. The number of nitrogens with two attached hydrogens (primary N) is 1. The number of hydrogen-bond acceptors (Lipinski definition) is 4. The van der Waals surface area contributed by atoms with Crippen molar-refractivity contribution in [3.63, 3.8) is 0 Å². The molecule has 1 aromatic rings. The molecule has 142 valence electrons. The van der Waals surface area contributed by atoms with Gasteiger partial charge >= 0.3 is 0 Å². The number of aliphatic imine (C=N–C) groups is 1. The predicted octanol–water partition coefficient (Wildman–Crippen LogP) is 2.07. The lowest BCUT2D eigenvalue weighted by Crippen LogP contribution is -2.39. The fourth-order valence-corrected chi connectivity index (χ4v) is 2.89. The molecule has 0 radical (unpaired) electrons. The van der Waals surface area contributed by atoms with E-state index in [2.05, 4.69) is 40.1 Å². The molecule has 0 bridgehead atoms. The number of halogens is 1. The number of nitrogens with zero attached hydrogens (tertiary/aromatic N) is 3. The topological polar surface area (TPSA) is 75.8 Å². The summed E-state index contributed by atoms with van der Waals surface area (Å²) in [7, 11) is 0. The highest BCUT2D eigenvalue weighted by Gasteiger charge is 2.15. The largest absolute Gasteiger partial charge is 0.379 e. The van der Waals surface area contributed by atoms with E-state index in [0.717, 1.165) is 45.8 Å². The summed E-state index contributed by atoms with van der Waals surface area (Å²) in [5.41, 5.74) is 7.23. The minimum atomic E-state index is 0. The van der Waals surface area contributed by atoms with Crippen molar-refractivity contribution in [2.45, 2.75) is 26.2 Å². The Morgan fingerprint density at radius 1 is 1.40 bits per heavy atom. The second-order valence-electron chi connectivity index (χ2n) is 6.60. The zero-order valence-electron chi connectivity index (χ0n) is 15.4. The van der Waals surface area contributed by atoms with E-state index < -0.39 is 0 Å². The van der Waals surface area contributed by atoms with Gasteiger partial charge in [-0.3, -0.25) is 14.9 Å². The molecule has 2 rings (SSSR count). The number of pyridine rings is 1. The first-order chi connectivity index (χ1) is 11.7. The predicted molar refractivity (Wildman–Crippen MR) is 114 cm³/mol. The molecule has 0 aromatic carbocycles. The van der Waals surface area contributed by atoms with Gasteiger partial charge in [-0.15, -0.1) is 24.0 Å². The number of guanidine groups is 1. The van der Waals surface area contributed by atoms with Crippen LogP contribution in [0.4, 0.5) is 0 Å². The van der Waals surface area contributed by atoms with Gasteiger partial charge in [0.1, 0.15) is 0 Å². The average molecular weight is 461 g/mol. The van der Waals surface area contributed by atoms with Crippen LogP contribution in [0, 0.1) is 5.92 Å². The Kier molecular flexibility index (Phi) is 11.0. The van der Waals surface area contributed by atoms with E-state index in [1.54, 1.807) is 6.20 Å². The van der Waals surface area contributed by atoms with Crippen LogP contribution >= 0.6 is 24.0 Å². The van der Waals surface area contributed by atoms with Crippen molar-refractivity contribution in [1.29, 1.82) is 0 Å². The Labute approximate surface area is 168 Å². The number of hydrogen-bond donors (Lipinski definition) is 2. The highest BCUT2D eigenvalue weighted by Crippen LogP contribution is 2.23. The number of aromatic nitrogens is 1. The molecule has 1 fully saturated rings. The monoisotopic (exact) mass is 461 g/mol. The third kappa shape index (κ3) is 8.33. The first kappa shape index (κ1) is 22.1. The van der Waals surface area contributed by atoms with E-state index in [4.69, 9.17) is 10.5 Å². The van der Waals surface area contributed by atoms with Crippen molar-refractivity contribution in [1.82, 2.24) is 15.2 Å². The Morgan fingerprint density at radius 2 is 2.16 bits per heavy atom. The summed E-state index contributed by atoms with van der Waals surface area (Å²) in [6, 6.07) is 4.08. The second kappa shape index (κ2) is 12.4. The van der Waals surface area contributed by atoms with E-state index in [-0.39, 0.29) is 24.0 Å². The molecule has 2 heterocycles. The molecular weight excluding hydrogens is 429 g/mol. The summed E-state index contributed by atoms with van der Waals surface area (Å²) in [5, 5.41) is 3.22. The summed E-state index contributed by atoms with van der Waals surface area (Å²) in [4.78, 5) is 11.2. The van der Waals surface area contributed by atoms with Crippen molar-refractivity contribution in [3.05, 3.63) is 30.1 Å². The third-order valence-electron chi connectivity index (χ3n) is 4.44. The molecule has 1 atom stereocenters. The Balaban J connectivity index is 0.00000312. The lowest BCUT2D eigenvalue weighted by Gasteiger charge is -2.26. The summed E-state index contributed by atoms with van der Waals surface area (Å²) >= 11 is 0. The SMILES string of the molecule is CC(C)C(CN=C(N)NCCCN1CCOCC1)c1cccnc1.I. The normalized spacial score (nSPS) is 17.2. The smallest absolute Gasteiger partial charge is 0.188 e. The number of rotatable bonds is 8. The van der Waals surface area contributed by atoms with Gasteiger partial charge in [-0.25, -0.2) is 0 Å². The standard InChI is InChI=1S/C18H31N5O.HI/c1-15(2)17(16-5-3-6-20-13-16)14-22-18(19)21-7-4-8-23-9-11-24-12-10-23;/h3,5-6,13,15,17H,4,7-12,14H2,1-2H3,(H3,19,21,22);1H. The van der Waals surface area contributed by atoms with Gasteiger partial charge in [-0.05, 0) is 30.5 Å². The van der Waals surface area contributed by atoms with Gasteiger partial charge in [0, 0.05) is 44.5 Å². The molecule has 0 amide bonds. The lowest BCUT2D eigenvalue weighted by atomic mass is 9.89. The lowest BCUT2D eigenvalue weighted by molar-refractivity contribution is 0.0376. The zero-order chi connectivity index (χ0) is 17.2. The van der Waals surface area contributed by atoms with Gasteiger partial charge in [-0.1, -0.05) is 19.9 Å². The molecule has 1 aliphatic rings. The fraction of sp³-hybridized carbons (Fsp3) is 0.667. The van der Waals surface area contributed by atoms with Crippen molar-refractivity contribution >= 4 is 29.9 Å². The van der Waals surface area contributed by atoms with Crippen LogP contribution in [-0.4, -0.2) is 61.8 Å². The van der Waals surface area contributed by atoms with Gasteiger partial charge in [-0.2, -0.15) is 0 Å². The van der Waals surface area contributed by atoms with Crippen molar-refractivity contribution < 1.29 is 4.74 Å². The molecule has 6 nitrogen and oxygen atoms in total. The van der Waals surface area contributed by atoms with E-state index in [1.165, 1.54) is 5.56 Å². The van der Waals surface area contributed by atoms with E-state index in [9.17, 15) is 0 Å². The maximum Gasteiger partial charge on any atom is 0.188 e. The van der Waals surface area contributed by atoms with Gasteiger partial charge in [0.2, 0.25) is 0 Å². The van der Waals surface area contributed by atoms with Gasteiger partial charge in [0.25, 0.3) is 0 Å². The molecule has 1 saturated heterocycles. The van der Waals surface area contributed by atoms with Gasteiger partial charge in [0.15, 0.2) is 5.96 Å². The third-order valence-corrected chi connectivity index (χ3v) is 4.44. The van der Waals surface area contributed by atoms with Gasteiger partial charge in [0.05, 0.1) is 13.2 Å². The Bertz CT molecular complexity index is 491. The minimum absolute atomic E-state index is 0. The molecular formula is C18H32IN5O. The maximum absolute atomic E-state index is 6.01. The van der Waals surface area contributed by atoms with Crippen molar-refractivity contribution in [3.8, 4) is 0 Å². The van der Waals surface area contributed by atoms with E-state index in [0.29, 0.717) is 24.3 Å². The highest BCUT2D eigenvalue weighted by atomic mass is 127. The molecule has 0 spiro atoms. The minimum Gasteiger partial charge on any atom is -0.379 e. The summed E-state index contributed by atoms with van der Waals surface area (Å²) in [6.07, 6.45) is 4.78. The molecule has 0 saturated carbocycles. The van der Waals surface area contributed by atoms with Crippen LogP contribution in [0.1, 0.15) is 31.7 Å². The fourth-order valence-electron chi connectivity index (χ4n) is 2.89. The van der Waals surface area contributed by atoms with Crippen LogP contribution in [-0.2, 0) is 4.74 Å². The first-order valence-corrected chi connectivity index (χ1v) is 8.90. The maximum atomic E-state index is 6.01. The van der Waals surface area contributed by atoms with Crippen LogP contribution in [0.2, 0.25) is 0 Å². The van der Waals surface area contributed by atoms with Crippen LogP contribution in [0.15, 0.2) is 29.5 Å². The number of nitrogens with one attached hydrogen (secondary N) is 1. The molecule has 1 aliphatic heterocycles. The van der Waals surface area contributed by atoms with Crippen molar-refractivity contribution in [2.75, 3.05) is 45.9 Å². The number of ether oxygens (including phenoxy) is 1. The summed E-state index contributed by atoms with van der Waals surface area (Å²) < 4.78 is 5.35. The van der Waals surface area contributed by atoms with E-state index >= 15 is 0 Å². The summed E-state index contributed by atoms with van der Waals surface area (Å²) in [5.74, 6) is 1.37. The summed E-state index contributed by atoms with van der Waals surface area (Å²) in [6.45, 7) is 10.8. The molecule has 1 unspecified atom stereocenters. The molecule has 7 heteroatoms. The second-order valence-corrected chi connectivity index (χ2v) is 6.60. The van der Waals surface area contributed by atoms with Crippen LogP contribution < -0.4 is 11.1 Å². The zero-order valence-corrected chi connectivity index (χ0v) is 17.7. The molecule has 1 aromatic heterocycles. The Hall–Kier alpha value is -0.930. The highest BCUT2D eigenvalue weighted by molar-refractivity contribution is 14.0. The van der Waals surface area contributed by atoms with Crippen molar-refractivity contribution in [2.24, 2.45) is 16.6 Å². The van der Waals surface area contributed by atoms with Gasteiger partial charge < -0.3 is 15.8 Å². The molecule has 0 aliphatic carbocycles. The number of morpholine rings is 1. The average Bonchev–Trinajstić information content (AvgIpc) is 2.60. The van der Waals surface area contributed by atoms with Crippen LogP contribution in [0.5, 0.6) is 0 Å². The Morgan fingerprint density at radius 3 is 2.80 bits per heavy atom. The van der Waals surface area contributed by atoms with Crippen LogP contribution in [0.3, 0.4) is 0 Å². The van der Waals surface area contributed by atoms with Crippen LogP contribution in [0.25, 0.3) is 0 Å². The molecule has 3 N–H and O–H groups in total. The quantitative estimate of drug-likeness (QED) is 0.268.